The Morgan fingerprint density at radius 1 is 1.37 bits per heavy atom. The molecule has 104 valence electrons. The lowest BCUT2D eigenvalue weighted by Crippen LogP contribution is -2.28. The van der Waals surface area contributed by atoms with Crippen molar-refractivity contribution in [2.75, 3.05) is 12.4 Å². The molecule has 0 aromatic heterocycles. The summed E-state index contributed by atoms with van der Waals surface area (Å²) in [5.74, 6) is 0.609. The summed E-state index contributed by atoms with van der Waals surface area (Å²) >= 11 is 4.95. The smallest absolute Gasteiger partial charge is 0.412 e. The second-order valence-corrected chi connectivity index (χ2v) is 5.34. The van der Waals surface area contributed by atoms with Crippen LogP contribution < -0.4 is 15.8 Å². The molecule has 6 heteroatoms. The van der Waals surface area contributed by atoms with Crippen molar-refractivity contribution in [3.63, 3.8) is 0 Å². The quantitative estimate of drug-likeness (QED) is 0.834. The molecule has 0 heterocycles. The Balaban J connectivity index is 2.95. The number of ether oxygens (including phenoxy) is 2. The van der Waals surface area contributed by atoms with E-state index in [0.717, 1.165) is 0 Å². The normalized spacial score (nSPS) is 10.7. The molecule has 0 unspecified atom stereocenters. The van der Waals surface area contributed by atoms with Gasteiger partial charge in [0, 0.05) is 5.56 Å². The molecule has 1 aromatic carbocycles. The number of amides is 1. The van der Waals surface area contributed by atoms with Crippen molar-refractivity contribution in [1.82, 2.24) is 0 Å². The summed E-state index contributed by atoms with van der Waals surface area (Å²) in [6.07, 6.45) is -0.560. The van der Waals surface area contributed by atoms with Crippen molar-refractivity contribution in [2.24, 2.45) is 5.73 Å². The first kappa shape index (κ1) is 15.2. The summed E-state index contributed by atoms with van der Waals surface area (Å²) in [7, 11) is 1.54. The molecule has 0 saturated carbocycles. The third-order valence-electron chi connectivity index (χ3n) is 2.13. The molecule has 3 N–H and O–H groups in total. The van der Waals surface area contributed by atoms with Gasteiger partial charge in [-0.15, -0.1) is 0 Å². The van der Waals surface area contributed by atoms with Gasteiger partial charge in [0.05, 0.1) is 12.8 Å². The highest BCUT2D eigenvalue weighted by Gasteiger charge is 2.17. The highest BCUT2D eigenvalue weighted by molar-refractivity contribution is 7.80. The van der Waals surface area contributed by atoms with E-state index in [4.69, 9.17) is 27.4 Å². The molecule has 1 rings (SSSR count). The van der Waals surface area contributed by atoms with Gasteiger partial charge in [0.1, 0.15) is 16.3 Å². The molecule has 1 aromatic rings. The van der Waals surface area contributed by atoms with Gasteiger partial charge in [-0.05, 0) is 39.0 Å². The van der Waals surface area contributed by atoms with Crippen LogP contribution in [0.2, 0.25) is 0 Å². The van der Waals surface area contributed by atoms with Crippen LogP contribution in [-0.2, 0) is 4.74 Å². The first-order valence-corrected chi connectivity index (χ1v) is 6.11. The molecular formula is C13H18N2O3S. The number of rotatable bonds is 3. The Hall–Kier alpha value is -1.82. The molecule has 5 nitrogen and oxygen atoms in total. The summed E-state index contributed by atoms with van der Waals surface area (Å²) in [5.41, 5.74) is 6.07. The fraction of sp³-hybridized carbons (Fsp3) is 0.385. The summed E-state index contributed by atoms with van der Waals surface area (Å²) in [6.45, 7) is 5.36. The zero-order chi connectivity index (χ0) is 14.6. The van der Waals surface area contributed by atoms with E-state index in [0.29, 0.717) is 17.0 Å². The molecule has 0 radical (unpaired) electrons. The van der Waals surface area contributed by atoms with Crippen LogP contribution in [0.3, 0.4) is 0 Å². The van der Waals surface area contributed by atoms with Gasteiger partial charge in [0.25, 0.3) is 0 Å². The molecular weight excluding hydrogens is 264 g/mol. The Labute approximate surface area is 118 Å². The molecule has 0 atom stereocenters. The Kier molecular flexibility index (Phi) is 4.72. The van der Waals surface area contributed by atoms with Crippen LogP contribution in [0, 0.1) is 0 Å². The Morgan fingerprint density at radius 3 is 2.47 bits per heavy atom. The number of thiocarbonyl (C=S) groups is 1. The number of hydrogen-bond donors (Lipinski definition) is 2. The van der Waals surface area contributed by atoms with Gasteiger partial charge in [-0.25, -0.2) is 4.79 Å². The number of nitrogens with one attached hydrogen (secondary N) is 1. The minimum Gasteiger partial charge on any atom is -0.497 e. The van der Waals surface area contributed by atoms with Crippen molar-refractivity contribution in [3.05, 3.63) is 23.8 Å². The maximum Gasteiger partial charge on any atom is 0.412 e. The van der Waals surface area contributed by atoms with Gasteiger partial charge >= 0.3 is 6.09 Å². The molecule has 0 aliphatic carbocycles. The molecule has 0 aliphatic heterocycles. The molecule has 0 fully saturated rings. The van der Waals surface area contributed by atoms with Crippen LogP contribution in [0.15, 0.2) is 18.2 Å². The number of nitrogens with two attached hydrogens (primary N) is 1. The third kappa shape index (κ3) is 4.75. The first-order valence-electron chi connectivity index (χ1n) is 5.71. The number of carbonyl (C=O) groups excluding carboxylic acids is 1. The van der Waals surface area contributed by atoms with Gasteiger partial charge in [-0.3, -0.25) is 5.32 Å². The molecule has 0 saturated heterocycles. The molecule has 0 bridgehead atoms. The SMILES string of the molecule is COc1ccc(NC(=O)OC(C)(C)C)c(C(N)=S)c1. The third-order valence-corrected chi connectivity index (χ3v) is 2.35. The van der Waals surface area contributed by atoms with Crippen LogP contribution in [0.5, 0.6) is 5.75 Å². The predicted molar refractivity (Wildman–Crippen MR) is 78.7 cm³/mol. The van der Waals surface area contributed by atoms with Crippen molar-refractivity contribution >= 4 is 29.0 Å². The van der Waals surface area contributed by atoms with Crippen LogP contribution in [0.1, 0.15) is 26.3 Å². The number of anilines is 1. The lowest BCUT2D eigenvalue weighted by Gasteiger charge is -2.20. The van der Waals surface area contributed by atoms with Gasteiger partial charge in [0.15, 0.2) is 0 Å². The fourth-order valence-electron chi connectivity index (χ4n) is 1.38. The van der Waals surface area contributed by atoms with E-state index < -0.39 is 11.7 Å². The van der Waals surface area contributed by atoms with E-state index in [9.17, 15) is 4.79 Å². The van der Waals surface area contributed by atoms with E-state index in [1.165, 1.54) is 0 Å². The molecule has 19 heavy (non-hydrogen) atoms. The number of methoxy groups -OCH3 is 1. The largest absolute Gasteiger partial charge is 0.497 e. The van der Waals surface area contributed by atoms with Gasteiger partial charge in [-0.1, -0.05) is 12.2 Å². The van der Waals surface area contributed by atoms with E-state index in [-0.39, 0.29) is 4.99 Å². The van der Waals surface area contributed by atoms with Crippen molar-refractivity contribution in [2.45, 2.75) is 26.4 Å². The summed E-state index contributed by atoms with van der Waals surface area (Å²) in [6, 6.07) is 5.03. The average molecular weight is 282 g/mol. The van der Waals surface area contributed by atoms with E-state index in [1.807, 2.05) is 0 Å². The van der Waals surface area contributed by atoms with E-state index in [2.05, 4.69) is 5.32 Å². The number of hydrogen-bond acceptors (Lipinski definition) is 4. The van der Waals surface area contributed by atoms with Gasteiger partial charge in [0.2, 0.25) is 0 Å². The zero-order valence-corrected chi connectivity index (χ0v) is 12.3. The van der Waals surface area contributed by atoms with Crippen LogP contribution in [-0.4, -0.2) is 23.8 Å². The predicted octanol–water partition coefficient (Wildman–Crippen LogP) is 2.68. The summed E-state index contributed by atoms with van der Waals surface area (Å²) < 4.78 is 10.3. The second-order valence-electron chi connectivity index (χ2n) is 4.90. The van der Waals surface area contributed by atoms with Crippen LogP contribution in [0.25, 0.3) is 0 Å². The molecule has 0 aliphatic rings. The second kappa shape index (κ2) is 5.88. The highest BCUT2D eigenvalue weighted by Crippen LogP contribution is 2.22. The number of benzene rings is 1. The molecule has 1 amide bonds. The number of carbonyl (C=O) groups is 1. The standard InChI is InChI=1S/C13H18N2O3S/c1-13(2,3)18-12(16)15-10-6-5-8(17-4)7-9(10)11(14)19/h5-7H,1-4H3,(H2,14,19)(H,15,16). The topological polar surface area (TPSA) is 73.6 Å². The Bertz CT molecular complexity index is 495. The lowest BCUT2D eigenvalue weighted by molar-refractivity contribution is 0.0636. The summed E-state index contributed by atoms with van der Waals surface area (Å²) in [5, 5.41) is 2.62. The van der Waals surface area contributed by atoms with Crippen molar-refractivity contribution < 1.29 is 14.3 Å². The minimum atomic E-state index is -0.570. The van der Waals surface area contributed by atoms with E-state index in [1.54, 1.807) is 46.1 Å². The maximum absolute atomic E-state index is 11.7. The van der Waals surface area contributed by atoms with Crippen molar-refractivity contribution in [1.29, 1.82) is 0 Å². The van der Waals surface area contributed by atoms with Gasteiger partial charge in [-0.2, -0.15) is 0 Å². The maximum atomic E-state index is 11.7. The highest BCUT2D eigenvalue weighted by atomic mass is 32.1. The van der Waals surface area contributed by atoms with E-state index >= 15 is 0 Å². The zero-order valence-electron chi connectivity index (χ0n) is 11.4. The fourth-order valence-corrected chi connectivity index (χ4v) is 1.55. The summed E-state index contributed by atoms with van der Waals surface area (Å²) in [4.78, 5) is 11.9. The monoisotopic (exact) mass is 282 g/mol. The molecule has 0 spiro atoms. The van der Waals surface area contributed by atoms with Crippen LogP contribution >= 0.6 is 12.2 Å². The lowest BCUT2D eigenvalue weighted by atomic mass is 10.1. The minimum absolute atomic E-state index is 0.171. The average Bonchev–Trinajstić information content (AvgIpc) is 2.26. The van der Waals surface area contributed by atoms with Crippen molar-refractivity contribution in [3.8, 4) is 5.75 Å². The van der Waals surface area contributed by atoms with Gasteiger partial charge < -0.3 is 15.2 Å². The first-order chi connectivity index (χ1) is 8.73. The van der Waals surface area contributed by atoms with Crippen LogP contribution in [0.4, 0.5) is 10.5 Å². The Morgan fingerprint density at radius 2 is 2.00 bits per heavy atom.